The normalized spacial score (nSPS) is 14.7. The van der Waals surface area contributed by atoms with Crippen molar-refractivity contribution < 1.29 is 23.8 Å². The van der Waals surface area contributed by atoms with Crippen LogP contribution in [0.25, 0.3) is 6.08 Å². The second-order valence-corrected chi connectivity index (χ2v) is 9.11. The molecule has 0 atom stereocenters. The van der Waals surface area contributed by atoms with Gasteiger partial charge in [0.2, 0.25) is 0 Å². The molecule has 1 aliphatic heterocycles. The number of amides is 2. The van der Waals surface area contributed by atoms with Crippen molar-refractivity contribution >= 4 is 63.5 Å². The van der Waals surface area contributed by atoms with E-state index in [4.69, 9.17) is 26.4 Å². The Kier molecular flexibility index (Phi) is 7.67. The Labute approximate surface area is 221 Å². The van der Waals surface area contributed by atoms with Crippen LogP contribution in [0.4, 0.5) is 5.69 Å². The van der Waals surface area contributed by atoms with Crippen molar-refractivity contribution in [1.82, 2.24) is 5.32 Å². The Morgan fingerprint density at radius 3 is 2.31 bits per heavy atom. The minimum atomic E-state index is -0.567. The van der Waals surface area contributed by atoms with Crippen LogP contribution in [0.1, 0.15) is 11.1 Å². The van der Waals surface area contributed by atoms with E-state index in [1.54, 1.807) is 49.6 Å². The lowest BCUT2D eigenvalue weighted by molar-refractivity contribution is -0.122. The van der Waals surface area contributed by atoms with Gasteiger partial charge in [-0.1, -0.05) is 18.2 Å². The summed E-state index contributed by atoms with van der Waals surface area (Å²) in [4.78, 5) is 27.1. The van der Waals surface area contributed by atoms with E-state index in [0.717, 1.165) is 9.13 Å². The fourth-order valence-electron chi connectivity index (χ4n) is 3.42. The number of carbonyl (C=O) groups excluding carboxylic acids is 2. The molecule has 178 valence electrons. The van der Waals surface area contributed by atoms with Crippen LogP contribution in [-0.2, 0) is 16.2 Å². The van der Waals surface area contributed by atoms with E-state index in [9.17, 15) is 9.59 Å². The molecule has 1 aliphatic rings. The standard InChI is InChI=1S/C26H21IN2O5S/c1-32-20-10-8-19(9-11-20)29-25(31)21(24(30)28-26(29)35)13-17-5-12-22(23(14-17)33-2)34-15-16-3-6-18(27)7-4-16/h3-14H,15H2,1-2H3,(H,28,30,35). The fourth-order valence-corrected chi connectivity index (χ4v) is 4.07. The summed E-state index contributed by atoms with van der Waals surface area (Å²) in [6.45, 7) is 0.378. The molecular formula is C26H21IN2O5S. The maximum atomic E-state index is 13.2. The van der Waals surface area contributed by atoms with E-state index in [-0.39, 0.29) is 10.7 Å². The van der Waals surface area contributed by atoms with Crippen LogP contribution in [0.2, 0.25) is 0 Å². The van der Waals surface area contributed by atoms with Crippen LogP contribution in [0.15, 0.2) is 72.3 Å². The van der Waals surface area contributed by atoms with Gasteiger partial charge < -0.3 is 14.2 Å². The molecule has 0 saturated carbocycles. The van der Waals surface area contributed by atoms with E-state index in [2.05, 4.69) is 27.9 Å². The summed E-state index contributed by atoms with van der Waals surface area (Å²) in [6.07, 6.45) is 1.50. The molecule has 0 radical (unpaired) electrons. The molecule has 35 heavy (non-hydrogen) atoms. The number of methoxy groups -OCH3 is 2. The van der Waals surface area contributed by atoms with Crippen LogP contribution < -0.4 is 24.4 Å². The second-order valence-electron chi connectivity index (χ2n) is 7.48. The van der Waals surface area contributed by atoms with Crippen LogP contribution in [0.5, 0.6) is 17.2 Å². The van der Waals surface area contributed by atoms with Gasteiger partial charge in [-0.2, -0.15) is 0 Å². The van der Waals surface area contributed by atoms with Crippen molar-refractivity contribution in [2.24, 2.45) is 0 Å². The number of rotatable bonds is 7. The molecule has 3 aromatic rings. The maximum Gasteiger partial charge on any atom is 0.270 e. The molecule has 1 fully saturated rings. The highest BCUT2D eigenvalue weighted by Gasteiger charge is 2.34. The predicted molar refractivity (Wildman–Crippen MR) is 146 cm³/mol. The van der Waals surface area contributed by atoms with E-state index < -0.39 is 11.8 Å². The third kappa shape index (κ3) is 5.63. The van der Waals surface area contributed by atoms with Crippen molar-refractivity contribution in [3.05, 3.63) is 87.0 Å². The second kappa shape index (κ2) is 10.9. The largest absolute Gasteiger partial charge is 0.497 e. The number of nitrogens with zero attached hydrogens (tertiary/aromatic N) is 1. The molecule has 1 saturated heterocycles. The van der Waals surface area contributed by atoms with Gasteiger partial charge in [0.15, 0.2) is 16.6 Å². The van der Waals surface area contributed by atoms with E-state index >= 15 is 0 Å². The first-order chi connectivity index (χ1) is 16.9. The number of benzene rings is 3. The summed E-state index contributed by atoms with van der Waals surface area (Å²) in [5.74, 6) is 0.578. The number of hydrogen-bond acceptors (Lipinski definition) is 6. The monoisotopic (exact) mass is 600 g/mol. The molecule has 9 heteroatoms. The minimum Gasteiger partial charge on any atom is -0.497 e. The maximum absolute atomic E-state index is 13.2. The average Bonchev–Trinajstić information content (AvgIpc) is 2.86. The number of anilines is 1. The molecule has 4 rings (SSSR count). The lowest BCUT2D eigenvalue weighted by atomic mass is 10.1. The van der Waals surface area contributed by atoms with Crippen molar-refractivity contribution in [1.29, 1.82) is 0 Å². The van der Waals surface area contributed by atoms with Gasteiger partial charge in [-0.3, -0.25) is 19.8 Å². The highest BCUT2D eigenvalue weighted by atomic mass is 127. The van der Waals surface area contributed by atoms with Gasteiger partial charge in [0.25, 0.3) is 11.8 Å². The molecule has 0 spiro atoms. The first kappa shape index (κ1) is 24.7. The van der Waals surface area contributed by atoms with Crippen molar-refractivity contribution in [2.45, 2.75) is 6.61 Å². The van der Waals surface area contributed by atoms with Gasteiger partial charge in [0, 0.05) is 3.57 Å². The smallest absolute Gasteiger partial charge is 0.270 e. The zero-order chi connectivity index (χ0) is 24.9. The number of thiocarbonyl (C=S) groups is 1. The Hall–Kier alpha value is -3.44. The number of nitrogens with one attached hydrogen (secondary N) is 1. The SMILES string of the molecule is COc1ccc(N2C(=O)C(=Cc3ccc(OCc4ccc(I)cc4)c(OC)c3)C(=O)NC2=S)cc1. The third-order valence-electron chi connectivity index (χ3n) is 5.24. The first-order valence-corrected chi connectivity index (χ1v) is 12.0. The lowest BCUT2D eigenvalue weighted by Crippen LogP contribution is -2.54. The first-order valence-electron chi connectivity index (χ1n) is 10.5. The molecule has 3 aromatic carbocycles. The summed E-state index contributed by atoms with van der Waals surface area (Å²) in [5, 5.41) is 2.59. The lowest BCUT2D eigenvalue weighted by Gasteiger charge is -2.29. The third-order valence-corrected chi connectivity index (χ3v) is 6.24. The molecule has 0 aromatic heterocycles. The highest BCUT2D eigenvalue weighted by molar-refractivity contribution is 14.1. The van der Waals surface area contributed by atoms with Crippen molar-refractivity contribution in [3.8, 4) is 17.2 Å². The molecule has 1 N–H and O–H groups in total. The van der Waals surface area contributed by atoms with Crippen LogP contribution in [-0.4, -0.2) is 31.1 Å². The molecular weight excluding hydrogens is 579 g/mol. The Balaban J connectivity index is 1.57. The minimum absolute atomic E-state index is 0.0132. The van der Waals surface area contributed by atoms with Crippen molar-refractivity contribution in [3.63, 3.8) is 0 Å². The zero-order valence-corrected chi connectivity index (χ0v) is 21.9. The van der Waals surface area contributed by atoms with Gasteiger partial charge in [0.1, 0.15) is 17.9 Å². The molecule has 0 unspecified atom stereocenters. The number of hydrogen-bond donors (Lipinski definition) is 1. The number of carbonyl (C=O) groups is 2. The summed E-state index contributed by atoms with van der Waals surface area (Å²) < 4.78 is 17.7. The fraction of sp³-hybridized carbons (Fsp3) is 0.115. The van der Waals surface area contributed by atoms with E-state index in [1.807, 2.05) is 24.3 Å². The van der Waals surface area contributed by atoms with Gasteiger partial charge in [-0.15, -0.1) is 0 Å². The summed E-state index contributed by atoms with van der Waals surface area (Å²) in [7, 11) is 3.09. The number of halogens is 1. The Morgan fingerprint density at radius 1 is 0.943 bits per heavy atom. The average molecular weight is 600 g/mol. The zero-order valence-electron chi connectivity index (χ0n) is 18.9. The summed E-state index contributed by atoms with van der Waals surface area (Å²) >= 11 is 7.50. The molecule has 2 amide bonds. The molecule has 1 heterocycles. The quantitative estimate of drug-likeness (QED) is 0.183. The predicted octanol–water partition coefficient (Wildman–Crippen LogP) is 4.72. The van der Waals surface area contributed by atoms with Gasteiger partial charge in [0.05, 0.1) is 19.9 Å². The Morgan fingerprint density at radius 2 is 1.66 bits per heavy atom. The molecule has 7 nitrogen and oxygen atoms in total. The van der Waals surface area contributed by atoms with E-state index in [1.165, 1.54) is 18.1 Å². The van der Waals surface area contributed by atoms with Crippen LogP contribution in [0, 0.1) is 3.57 Å². The highest BCUT2D eigenvalue weighted by Crippen LogP contribution is 2.31. The van der Waals surface area contributed by atoms with Crippen molar-refractivity contribution in [2.75, 3.05) is 19.1 Å². The van der Waals surface area contributed by atoms with Crippen LogP contribution >= 0.6 is 34.8 Å². The van der Waals surface area contributed by atoms with E-state index in [0.29, 0.717) is 35.1 Å². The van der Waals surface area contributed by atoms with Crippen LogP contribution in [0.3, 0.4) is 0 Å². The number of ether oxygens (including phenoxy) is 3. The Bertz CT molecular complexity index is 1310. The topological polar surface area (TPSA) is 77.1 Å². The summed E-state index contributed by atoms with van der Waals surface area (Å²) in [6, 6.07) is 20.1. The molecule has 0 aliphatic carbocycles. The summed E-state index contributed by atoms with van der Waals surface area (Å²) in [5.41, 5.74) is 2.09. The van der Waals surface area contributed by atoms with Gasteiger partial charge in [-0.25, -0.2) is 0 Å². The molecule has 0 bridgehead atoms. The van der Waals surface area contributed by atoms with Gasteiger partial charge in [-0.05, 0) is 101 Å². The van der Waals surface area contributed by atoms with Gasteiger partial charge >= 0.3 is 0 Å².